The van der Waals surface area contributed by atoms with Crippen LogP contribution in [-0.4, -0.2) is 12.0 Å². The Morgan fingerprint density at radius 1 is 1.80 bits per heavy atom. The molecule has 1 aromatic rings. The Kier molecular flexibility index (Phi) is 1.27. The molecule has 0 fully saturated rings. The highest BCUT2D eigenvalue weighted by atomic mass is 79.9. The number of halogens is 2. The summed E-state index contributed by atoms with van der Waals surface area (Å²) >= 11 is 2.91. The van der Waals surface area contributed by atoms with Crippen LogP contribution in [-0.2, 0) is 0 Å². The highest BCUT2D eigenvalue weighted by Gasteiger charge is 1.97. The van der Waals surface area contributed by atoms with Crippen LogP contribution >= 0.6 is 15.9 Å². The Morgan fingerprint density at radius 3 is 3.20 bits per heavy atom. The fourth-order valence-corrected chi connectivity index (χ4v) is 0.897. The van der Waals surface area contributed by atoms with Crippen molar-refractivity contribution >= 4 is 15.9 Å². The third-order valence-corrected chi connectivity index (χ3v) is 1.26. The predicted octanol–water partition coefficient (Wildman–Crippen LogP) is 1.99. The van der Waals surface area contributed by atoms with E-state index in [9.17, 15) is 4.39 Å². The smallest absolute Gasteiger partial charge is 0.217 e. The van der Waals surface area contributed by atoms with Crippen molar-refractivity contribution in [1.82, 2.24) is 4.98 Å². The van der Waals surface area contributed by atoms with Gasteiger partial charge in [-0.2, -0.15) is 4.39 Å². The SMILES string of the molecule is [2H]C([2H])([2H])Oc1cc(F)nc(Br)c1. The molecule has 0 saturated carbocycles. The van der Waals surface area contributed by atoms with E-state index in [4.69, 9.17) is 4.11 Å². The summed E-state index contributed by atoms with van der Waals surface area (Å²) in [5, 5.41) is 0. The molecule has 0 aliphatic rings. The number of ether oxygens (including phenoxy) is 1. The van der Waals surface area contributed by atoms with Crippen LogP contribution in [0.3, 0.4) is 0 Å². The van der Waals surface area contributed by atoms with Crippen LogP contribution in [0.4, 0.5) is 4.39 Å². The van der Waals surface area contributed by atoms with Crippen molar-refractivity contribution in [3.8, 4) is 5.75 Å². The first-order valence-electron chi connectivity index (χ1n) is 3.89. The Hall–Kier alpha value is -0.640. The minimum absolute atomic E-state index is 0.0839. The maximum absolute atomic E-state index is 12.6. The van der Waals surface area contributed by atoms with Gasteiger partial charge in [0, 0.05) is 12.1 Å². The van der Waals surface area contributed by atoms with Crippen LogP contribution in [0.1, 0.15) is 4.11 Å². The van der Waals surface area contributed by atoms with E-state index in [1.54, 1.807) is 0 Å². The van der Waals surface area contributed by atoms with E-state index in [-0.39, 0.29) is 10.4 Å². The molecule has 0 aromatic carbocycles. The number of nitrogens with zero attached hydrogens (tertiary/aromatic N) is 1. The van der Waals surface area contributed by atoms with Crippen LogP contribution in [0.2, 0.25) is 0 Å². The fourth-order valence-electron chi connectivity index (χ4n) is 0.502. The molecule has 54 valence electrons. The van der Waals surface area contributed by atoms with Crippen molar-refractivity contribution in [2.75, 3.05) is 7.04 Å². The number of hydrogen-bond acceptors (Lipinski definition) is 2. The Morgan fingerprint density at radius 2 is 2.60 bits per heavy atom. The van der Waals surface area contributed by atoms with E-state index < -0.39 is 13.0 Å². The second kappa shape index (κ2) is 2.96. The summed E-state index contributed by atoms with van der Waals surface area (Å²) in [5.41, 5.74) is 0. The molecule has 1 aromatic heterocycles. The average Bonchev–Trinajstić information content (AvgIpc) is 1.78. The van der Waals surface area contributed by atoms with Crippen molar-refractivity contribution in [1.29, 1.82) is 0 Å². The quantitative estimate of drug-likeness (QED) is 0.660. The van der Waals surface area contributed by atoms with Crippen LogP contribution in [0.15, 0.2) is 16.7 Å². The maximum Gasteiger partial charge on any atom is 0.217 e. The van der Waals surface area contributed by atoms with Gasteiger partial charge in [0.2, 0.25) is 5.95 Å². The number of methoxy groups -OCH3 is 1. The fraction of sp³-hybridized carbons (Fsp3) is 0.167. The molecule has 0 bridgehead atoms. The molecule has 1 heterocycles. The second-order valence-corrected chi connectivity index (χ2v) is 2.36. The van der Waals surface area contributed by atoms with Crippen LogP contribution in [0.25, 0.3) is 0 Å². The maximum atomic E-state index is 12.6. The zero-order valence-electron chi connectivity index (χ0n) is 7.77. The molecule has 1 rings (SSSR count). The standard InChI is InChI=1S/C6H5BrFNO/c1-10-4-2-5(7)9-6(8)3-4/h2-3H,1H3/i1D3. The topological polar surface area (TPSA) is 22.1 Å². The molecule has 0 N–H and O–H groups in total. The summed E-state index contributed by atoms with van der Waals surface area (Å²) in [4.78, 5) is 3.35. The molecule has 0 unspecified atom stereocenters. The summed E-state index contributed by atoms with van der Waals surface area (Å²) in [6, 6.07) is 2.17. The van der Waals surface area contributed by atoms with Gasteiger partial charge in [0.1, 0.15) is 10.4 Å². The second-order valence-electron chi connectivity index (χ2n) is 1.55. The average molecular weight is 209 g/mol. The molecule has 0 radical (unpaired) electrons. The predicted molar refractivity (Wildman–Crippen MR) is 38.4 cm³/mol. The molecule has 0 aliphatic heterocycles. The first-order chi connectivity index (χ1) is 5.87. The summed E-state index contributed by atoms with van der Waals surface area (Å²) < 4.78 is 37.5. The Bertz CT molecular complexity index is 297. The van der Waals surface area contributed by atoms with Crippen LogP contribution in [0.5, 0.6) is 5.75 Å². The lowest BCUT2D eigenvalue weighted by Gasteiger charge is -1.98. The third kappa shape index (κ3) is 1.67. The summed E-state index contributed by atoms with van der Waals surface area (Å²) in [7, 11) is -2.58. The monoisotopic (exact) mass is 208 g/mol. The highest BCUT2D eigenvalue weighted by molar-refractivity contribution is 9.10. The molecule has 0 amide bonds. The Labute approximate surface area is 70.4 Å². The first kappa shape index (κ1) is 4.28. The minimum atomic E-state index is -2.58. The molecule has 10 heavy (non-hydrogen) atoms. The van der Waals surface area contributed by atoms with E-state index in [0.717, 1.165) is 6.07 Å². The van der Waals surface area contributed by atoms with Gasteiger partial charge in [-0.15, -0.1) is 0 Å². The summed E-state index contributed by atoms with van der Waals surface area (Å²) in [5.74, 6) is -0.881. The zero-order chi connectivity index (χ0) is 10.1. The van der Waals surface area contributed by atoms with Gasteiger partial charge in [-0.3, -0.25) is 0 Å². The molecule has 0 aliphatic carbocycles. The van der Waals surface area contributed by atoms with E-state index in [1.165, 1.54) is 6.07 Å². The summed E-state index contributed by atoms with van der Waals surface area (Å²) in [6.07, 6.45) is 0. The van der Waals surface area contributed by atoms with Gasteiger partial charge in [0.15, 0.2) is 0 Å². The van der Waals surface area contributed by atoms with Gasteiger partial charge < -0.3 is 4.74 Å². The normalized spacial score (nSPS) is 15.2. The highest BCUT2D eigenvalue weighted by Crippen LogP contribution is 2.16. The minimum Gasteiger partial charge on any atom is -0.496 e. The largest absolute Gasteiger partial charge is 0.496 e. The van der Waals surface area contributed by atoms with E-state index in [0.29, 0.717) is 0 Å². The number of aromatic nitrogens is 1. The lowest BCUT2D eigenvalue weighted by molar-refractivity contribution is 0.408. The lowest BCUT2D eigenvalue weighted by atomic mass is 10.4. The van der Waals surface area contributed by atoms with Crippen molar-refractivity contribution in [3.63, 3.8) is 0 Å². The molecule has 4 heteroatoms. The molecule has 0 saturated heterocycles. The first-order valence-corrected chi connectivity index (χ1v) is 3.18. The number of hydrogen-bond donors (Lipinski definition) is 0. The van der Waals surface area contributed by atoms with E-state index in [1.807, 2.05) is 0 Å². The van der Waals surface area contributed by atoms with Gasteiger partial charge >= 0.3 is 0 Å². The molecule has 2 nitrogen and oxygen atoms in total. The van der Waals surface area contributed by atoms with Gasteiger partial charge in [-0.1, -0.05) is 0 Å². The molecule has 0 atom stereocenters. The molecular weight excluding hydrogens is 201 g/mol. The van der Waals surface area contributed by atoms with E-state index in [2.05, 4.69) is 25.7 Å². The number of pyridine rings is 1. The zero-order valence-corrected chi connectivity index (χ0v) is 6.35. The Balaban J connectivity index is 2.90. The number of rotatable bonds is 1. The van der Waals surface area contributed by atoms with Gasteiger partial charge in [0.05, 0.1) is 11.2 Å². The van der Waals surface area contributed by atoms with Crippen molar-refractivity contribution in [2.45, 2.75) is 0 Å². The van der Waals surface area contributed by atoms with Crippen molar-refractivity contribution < 1.29 is 13.2 Å². The molecule has 0 spiro atoms. The lowest BCUT2D eigenvalue weighted by Crippen LogP contribution is -1.87. The van der Waals surface area contributed by atoms with Gasteiger partial charge in [-0.25, -0.2) is 4.98 Å². The van der Waals surface area contributed by atoms with Crippen molar-refractivity contribution in [2.24, 2.45) is 0 Å². The van der Waals surface area contributed by atoms with Crippen LogP contribution in [0, 0.1) is 5.95 Å². The van der Waals surface area contributed by atoms with Gasteiger partial charge in [0.25, 0.3) is 0 Å². The molecular formula is C6H5BrFNO. The summed E-state index contributed by atoms with van der Waals surface area (Å²) in [6.45, 7) is 0. The van der Waals surface area contributed by atoms with Crippen LogP contribution < -0.4 is 4.74 Å². The van der Waals surface area contributed by atoms with E-state index >= 15 is 0 Å². The van der Waals surface area contributed by atoms with Crippen molar-refractivity contribution in [3.05, 3.63) is 22.7 Å². The van der Waals surface area contributed by atoms with Gasteiger partial charge in [-0.05, 0) is 15.9 Å². The third-order valence-electron chi connectivity index (χ3n) is 0.854.